The van der Waals surface area contributed by atoms with Gasteiger partial charge < -0.3 is 0 Å². The van der Waals surface area contributed by atoms with E-state index in [1.54, 1.807) is 0 Å². The molecule has 0 heterocycles. The minimum absolute atomic E-state index is 0.129. The summed E-state index contributed by atoms with van der Waals surface area (Å²) in [7, 11) is -0.367. The fourth-order valence-electron chi connectivity index (χ4n) is 1.04. The number of alkyl halides is 8. The zero-order valence-electron chi connectivity index (χ0n) is 9.01. The second-order valence-electron chi connectivity index (χ2n) is 3.42. The molecule has 0 fully saturated rings. The Bertz CT molecular complexity index is 217. The lowest BCUT2D eigenvalue weighted by molar-refractivity contribution is -0.210. The van der Waals surface area contributed by atoms with E-state index in [4.69, 9.17) is 46.4 Å². The molecule has 0 rings (SSSR count). The maximum absolute atomic E-state index is 13.3. The average Bonchev–Trinajstić information content (AvgIpc) is 2.15. The van der Waals surface area contributed by atoms with Gasteiger partial charge in [0.05, 0.1) is 28.0 Å². The summed E-state index contributed by atoms with van der Waals surface area (Å²) in [6.07, 6.45) is -1.86. The van der Waals surface area contributed by atoms with Gasteiger partial charge in [-0.2, -0.15) is 17.6 Å². The van der Waals surface area contributed by atoms with Crippen molar-refractivity contribution in [2.45, 2.75) is 45.7 Å². The summed E-state index contributed by atoms with van der Waals surface area (Å²) in [5.41, 5.74) is 0. The molecule has 0 N–H and O–H groups in total. The van der Waals surface area contributed by atoms with Crippen molar-refractivity contribution < 1.29 is 17.6 Å². The Morgan fingerprint density at radius 3 is 1.22 bits per heavy atom. The maximum Gasteiger partial charge on any atom is 0.309 e. The van der Waals surface area contributed by atoms with Crippen molar-refractivity contribution in [3.05, 3.63) is 0 Å². The Kier molecular flexibility index (Phi) is 9.19. The molecule has 0 atom stereocenters. The number of hydrogen-bond donors (Lipinski definition) is 0. The molecular formula is C8H10Cl4F4Si2. The first-order valence-electron chi connectivity index (χ1n) is 4.87. The molecule has 0 saturated carbocycles. The molecule has 0 nitrogen and oxygen atoms in total. The van der Waals surface area contributed by atoms with Crippen LogP contribution in [0.15, 0.2) is 0 Å². The van der Waals surface area contributed by atoms with Crippen molar-refractivity contribution in [1.29, 1.82) is 0 Å². The summed E-state index contributed by atoms with van der Waals surface area (Å²) >= 11 is 21.4. The molecule has 0 aliphatic carbocycles. The van der Waals surface area contributed by atoms with Gasteiger partial charge in [-0.05, 0) is 0 Å². The molecular weight excluding hydrogens is 370 g/mol. The summed E-state index contributed by atoms with van der Waals surface area (Å²) in [5, 5.41) is 0. The first-order chi connectivity index (χ1) is 8.08. The van der Waals surface area contributed by atoms with E-state index in [0.717, 1.165) is 0 Å². The van der Waals surface area contributed by atoms with Gasteiger partial charge in [-0.3, -0.25) is 0 Å². The molecule has 106 valence electrons. The third-order valence-electron chi connectivity index (χ3n) is 2.01. The van der Waals surface area contributed by atoms with E-state index >= 15 is 0 Å². The molecule has 0 aliphatic heterocycles. The molecule has 4 radical (unpaired) electrons. The molecule has 0 aromatic heterocycles. The van der Waals surface area contributed by atoms with Crippen LogP contribution >= 0.6 is 46.4 Å². The highest BCUT2D eigenvalue weighted by Gasteiger charge is 2.54. The van der Waals surface area contributed by atoms with Gasteiger partial charge in [-0.1, -0.05) is 12.1 Å². The van der Waals surface area contributed by atoms with Gasteiger partial charge >= 0.3 is 11.8 Å². The van der Waals surface area contributed by atoms with Crippen molar-refractivity contribution in [3.63, 3.8) is 0 Å². The third-order valence-corrected chi connectivity index (χ3v) is 5.56. The minimum atomic E-state index is -4.05. The maximum atomic E-state index is 13.3. The predicted octanol–water partition coefficient (Wildman–Crippen LogP) is 4.80. The molecule has 18 heavy (non-hydrogen) atoms. The smallest absolute Gasteiger partial charge is 0.200 e. The third kappa shape index (κ3) is 7.79. The average molecular weight is 380 g/mol. The second kappa shape index (κ2) is 8.57. The van der Waals surface area contributed by atoms with Crippen LogP contribution in [0.2, 0.25) is 12.1 Å². The zero-order valence-corrected chi connectivity index (χ0v) is 14.0. The van der Waals surface area contributed by atoms with Gasteiger partial charge in [-0.25, -0.2) is 0 Å². The van der Waals surface area contributed by atoms with E-state index < -0.39 is 33.6 Å². The number of hydrogen-bond acceptors (Lipinski definition) is 0. The SMILES string of the molecule is FC(F)(CC[Si]C(Cl)Cl)C(F)(F)CC[Si]C(Cl)Cl. The molecule has 0 aliphatic rings. The van der Waals surface area contributed by atoms with Crippen LogP contribution in [0, 0.1) is 0 Å². The molecule has 0 unspecified atom stereocenters. The Morgan fingerprint density at radius 2 is 1.00 bits per heavy atom. The van der Waals surface area contributed by atoms with Gasteiger partial charge in [0.1, 0.15) is 0 Å². The highest BCUT2D eigenvalue weighted by Crippen LogP contribution is 2.41. The first kappa shape index (κ1) is 19.3. The molecule has 0 saturated heterocycles. The van der Waals surface area contributed by atoms with Crippen LogP contribution in [-0.2, 0) is 0 Å². The van der Waals surface area contributed by atoms with Crippen LogP contribution in [0.3, 0.4) is 0 Å². The minimum Gasteiger partial charge on any atom is -0.200 e. The Hall–Kier alpha value is 1.31. The summed E-state index contributed by atoms with van der Waals surface area (Å²) in [4.78, 5) is 0. The van der Waals surface area contributed by atoms with Crippen LogP contribution < -0.4 is 0 Å². The standard InChI is InChI=1S/C8H10Cl4F4Si2/c9-5(10)17-3-1-7(13,14)8(15,16)2-4-18-6(11)12/h5-6H,1-4H2. The monoisotopic (exact) mass is 378 g/mol. The summed E-state index contributed by atoms with van der Waals surface area (Å²) < 4.78 is 51.6. The van der Waals surface area contributed by atoms with E-state index in [0.29, 0.717) is 0 Å². The van der Waals surface area contributed by atoms with Gasteiger partial charge in [0.2, 0.25) is 0 Å². The predicted molar refractivity (Wildman–Crippen MR) is 71.2 cm³/mol. The summed E-state index contributed by atoms with van der Waals surface area (Å²) in [5.74, 6) is -8.11. The van der Waals surface area contributed by atoms with Crippen molar-refractivity contribution in [3.8, 4) is 0 Å². The molecule has 0 bridgehead atoms. The quantitative estimate of drug-likeness (QED) is 0.306. The topological polar surface area (TPSA) is 0 Å². The molecule has 0 spiro atoms. The van der Waals surface area contributed by atoms with Crippen molar-refractivity contribution in [2.75, 3.05) is 0 Å². The van der Waals surface area contributed by atoms with Gasteiger partial charge in [0, 0.05) is 12.8 Å². The van der Waals surface area contributed by atoms with Crippen molar-refractivity contribution in [2.24, 2.45) is 0 Å². The zero-order chi connectivity index (χ0) is 14.4. The van der Waals surface area contributed by atoms with Crippen molar-refractivity contribution in [1.82, 2.24) is 0 Å². The van der Waals surface area contributed by atoms with E-state index in [1.165, 1.54) is 0 Å². The van der Waals surface area contributed by atoms with Crippen molar-refractivity contribution >= 4 is 65.4 Å². The van der Waals surface area contributed by atoms with Gasteiger partial charge in [0.15, 0.2) is 0 Å². The fraction of sp³-hybridized carbons (Fsp3) is 1.00. The van der Waals surface area contributed by atoms with Crippen LogP contribution in [0.1, 0.15) is 12.8 Å². The summed E-state index contributed by atoms with van der Waals surface area (Å²) in [6.45, 7) is 0. The molecule has 0 aromatic carbocycles. The van der Waals surface area contributed by atoms with Crippen LogP contribution in [0.5, 0.6) is 0 Å². The highest BCUT2D eigenvalue weighted by atomic mass is 35.5. The highest BCUT2D eigenvalue weighted by molar-refractivity contribution is 6.69. The Balaban J connectivity index is 4.18. The number of rotatable bonds is 9. The molecule has 0 aromatic rings. The first-order valence-corrected chi connectivity index (χ1v) is 9.19. The summed E-state index contributed by atoms with van der Waals surface area (Å²) in [6, 6.07) is -0.258. The molecule has 0 amide bonds. The van der Waals surface area contributed by atoms with E-state index in [-0.39, 0.29) is 31.1 Å². The normalized spacial score (nSPS) is 13.7. The van der Waals surface area contributed by atoms with E-state index in [2.05, 4.69) is 0 Å². The van der Waals surface area contributed by atoms with Crippen LogP contribution in [-0.4, -0.2) is 39.8 Å². The van der Waals surface area contributed by atoms with Gasteiger partial charge in [-0.15, -0.1) is 46.4 Å². The Morgan fingerprint density at radius 1 is 0.722 bits per heavy atom. The van der Waals surface area contributed by atoms with E-state index in [1.807, 2.05) is 0 Å². The van der Waals surface area contributed by atoms with Crippen LogP contribution in [0.4, 0.5) is 17.6 Å². The number of halogens is 8. The largest absolute Gasteiger partial charge is 0.309 e. The second-order valence-corrected chi connectivity index (χ2v) is 10.0. The Labute approximate surface area is 128 Å². The lowest BCUT2D eigenvalue weighted by Gasteiger charge is -2.26. The molecule has 10 heteroatoms. The van der Waals surface area contributed by atoms with Gasteiger partial charge in [0.25, 0.3) is 0 Å². The van der Waals surface area contributed by atoms with Crippen LogP contribution in [0.25, 0.3) is 0 Å². The lowest BCUT2D eigenvalue weighted by Crippen LogP contribution is -2.41. The fourth-order valence-corrected chi connectivity index (χ4v) is 3.70. The van der Waals surface area contributed by atoms with E-state index in [9.17, 15) is 17.6 Å². The lowest BCUT2D eigenvalue weighted by atomic mass is 10.1.